The fourth-order valence-electron chi connectivity index (χ4n) is 2.20. The first-order chi connectivity index (χ1) is 10.2. The van der Waals surface area contributed by atoms with Crippen LogP contribution in [0.3, 0.4) is 0 Å². The first kappa shape index (κ1) is 18.2. The molecule has 4 heteroatoms. The van der Waals surface area contributed by atoms with Crippen LogP contribution in [0, 0.1) is 0 Å². The van der Waals surface area contributed by atoms with E-state index in [4.69, 9.17) is 0 Å². The minimum absolute atomic E-state index is 0. The Morgan fingerprint density at radius 3 is 2.32 bits per heavy atom. The van der Waals surface area contributed by atoms with E-state index in [0.717, 1.165) is 36.3 Å². The molecule has 0 aliphatic heterocycles. The third-order valence-corrected chi connectivity index (χ3v) is 3.31. The quantitative estimate of drug-likeness (QED) is 0.624. The number of nitrogens with zero attached hydrogens (tertiary/aromatic N) is 1. The van der Waals surface area contributed by atoms with Gasteiger partial charge < -0.3 is 10.2 Å². The fraction of sp³-hybridized carbons (Fsp3) is 0.278. The maximum absolute atomic E-state index is 12.6. The molecule has 118 valence electrons. The van der Waals surface area contributed by atoms with Gasteiger partial charge in [0, 0.05) is 23.4 Å². The van der Waals surface area contributed by atoms with Crippen LogP contribution in [0.2, 0.25) is 0 Å². The lowest BCUT2D eigenvalue weighted by Gasteiger charge is -2.13. The molecule has 0 saturated heterocycles. The van der Waals surface area contributed by atoms with E-state index < -0.39 is 0 Å². The van der Waals surface area contributed by atoms with Crippen molar-refractivity contribution in [3.8, 4) is 0 Å². The van der Waals surface area contributed by atoms with E-state index in [2.05, 4.69) is 24.3 Å². The second-order valence-corrected chi connectivity index (χ2v) is 5.32. The summed E-state index contributed by atoms with van der Waals surface area (Å²) in [5.41, 5.74) is 2.36. The Morgan fingerprint density at radius 2 is 1.64 bits per heavy atom. The van der Waals surface area contributed by atoms with Crippen LogP contribution in [0.5, 0.6) is 0 Å². The number of rotatable bonds is 7. The zero-order valence-electron chi connectivity index (χ0n) is 13.1. The molecule has 0 aliphatic carbocycles. The van der Waals surface area contributed by atoms with Crippen molar-refractivity contribution < 1.29 is 4.79 Å². The Kier molecular flexibility index (Phi) is 7.64. The number of anilines is 1. The van der Waals surface area contributed by atoms with Gasteiger partial charge in [-0.25, -0.2) is 0 Å². The van der Waals surface area contributed by atoms with E-state index in [1.807, 2.05) is 54.6 Å². The number of hydrogen-bond donors (Lipinski definition) is 1. The smallest absolute Gasteiger partial charge is 0.195 e. The van der Waals surface area contributed by atoms with Crippen LogP contribution in [0.25, 0.3) is 0 Å². The zero-order chi connectivity index (χ0) is 15.1. The van der Waals surface area contributed by atoms with Crippen molar-refractivity contribution in [2.24, 2.45) is 0 Å². The van der Waals surface area contributed by atoms with Gasteiger partial charge in [-0.15, -0.1) is 12.4 Å². The number of ketones is 1. The van der Waals surface area contributed by atoms with Crippen LogP contribution in [-0.2, 0) is 0 Å². The topological polar surface area (TPSA) is 32.3 Å². The minimum atomic E-state index is 0. The van der Waals surface area contributed by atoms with Gasteiger partial charge in [-0.1, -0.05) is 42.5 Å². The van der Waals surface area contributed by atoms with Gasteiger partial charge in [0.2, 0.25) is 0 Å². The molecule has 22 heavy (non-hydrogen) atoms. The monoisotopic (exact) mass is 318 g/mol. The van der Waals surface area contributed by atoms with Crippen molar-refractivity contribution in [3.63, 3.8) is 0 Å². The molecule has 0 unspecified atom stereocenters. The zero-order valence-corrected chi connectivity index (χ0v) is 13.9. The number of hydrogen-bond acceptors (Lipinski definition) is 3. The molecule has 2 aromatic rings. The number of halogens is 1. The number of para-hydroxylation sites is 1. The second kappa shape index (κ2) is 9.23. The number of nitrogens with one attached hydrogen (secondary N) is 1. The van der Waals surface area contributed by atoms with Crippen molar-refractivity contribution in [1.82, 2.24) is 4.90 Å². The number of carbonyl (C=O) groups is 1. The normalized spacial score (nSPS) is 10.1. The predicted molar refractivity (Wildman–Crippen MR) is 95.2 cm³/mol. The van der Waals surface area contributed by atoms with Crippen molar-refractivity contribution in [2.45, 2.75) is 6.42 Å². The highest BCUT2D eigenvalue weighted by atomic mass is 35.5. The van der Waals surface area contributed by atoms with Gasteiger partial charge in [-0.3, -0.25) is 4.79 Å². The van der Waals surface area contributed by atoms with Gasteiger partial charge in [0.05, 0.1) is 0 Å². The van der Waals surface area contributed by atoms with E-state index in [-0.39, 0.29) is 18.2 Å². The van der Waals surface area contributed by atoms with Crippen LogP contribution < -0.4 is 5.32 Å². The number of carbonyl (C=O) groups excluding carboxylic acids is 1. The van der Waals surface area contributed by atoms with Crippen LogP contribution >= 0.6 is 12.4 Å². The molecule has 0 aliphatic rings. The maximum atomic E-state index is 12.6. The van der Waals surface area contributed by atoms with Gasteiger partial charge >= 0.3 is 0 Å². The molecule has 0 aromatic heterocycles. The molecule has 2 rings (SSSR count). The molecular formula is C18H23ClN2O. The van der Waals surface area contributed by atoms with Crippen LogP contribution in [0.15, 0.2) is 54.6 Å². The van der Waals surface area contributed by atoms with E-state index >= 15 is 0 Å². The van der Waals surface area contributed by atoms with Crippen LogP contribution in [-0.4, -0.2) is 37.9 Å². The average Bonchev–Trinajstić information content (AvgIpc) is 2.52. The highest BCUT2D eigenvalue weighted by molar-refractivity contribution is 6.12. The van der Waals surface area contributed by atoms with Gasteiger partial charge in [-0.2, -0.15) is 0 Å². The largest absolute Gasteiger partial charge is 0.384 e. The Balaban J connectivity index is 0.00000242. The van der Waals surface area contributed by atoms with Gasteiger partial charge in [0.15, 0.2) is 5.78 Å². The molecule has 0 heterocycles. The molecule has 0 bridgehead atoms. The highest BCUT2D eigenvalue weighted by Gasteiger charge is 2.12. The molecule has 1 N–H and O–H groups in total. The second-order valence-electron chi connectivity index (χ2n) is 5.32. The summed E-state index contributed by atoms with van der Waals surface area (Å²) < 4.78 is 0. The standard InChI is InChI=1S/C18H22N2O.ClH/c1-20(2)14-8-13-19-17-12-7-6-11-16(17)18(21)15-9-4-3-5-10-15;/h3-7,9-12,19H,8,13-14H2,1-2H3;1H. The summed E-state index contributed by atoms with van der Waals surface area (Å²) >= 11 is 0. The molecular weight excluding hydrogens is 296 g/mol. The Labute approximate surface area is 138 Å². The van der Waals surface area contributed by atoms with E-state index in [1.165, 1.54) is 0 Å². The third-order valence-electron chi connectivity index (χ3n) is 3.31. The molecule has 0 amide bonds. The summed E-state index contributed by atoms with van der Waals surface area (Å²) in [5.74, 6) is 0.0614. The maximum Gasteiger partial charge on any atom is 0.195 e. The third kappa shape index (κ3) is 5.17. The van der Waals surface area contributed by atoms with E-state index in [0.29, 0.717) is 0 Å². The molecule has 0 atom stereocenters. The lowest BCUT2D eigenvalue weighted by molar-refractivity contribution is 0.103. The summed E-state index contributed by atoms with van der Waals surface area (Å²) in [6.07, 6.45) is 1.04. The lowest BCUT2D eigenvalue weighted by Crippen LogP contribution is -2.17. The van der Waals surface area contributed by atoms with E-state index in [9.17, 15) is 4.79 Å². The number of benzene rings is 2. The van der Waals surface area contributed by atoms with Gasteiger partial charge in [0.1, 0.15) is 0 Å². The molecule has 0 spiro atoms. The molecule has 0 fully saturated rings. The summed E-state index contributed by atoms with van der Waals surface area (Å²) in [6.45, 7) is 1.89. The lowest BCUT2D eigenvalue weighted by atomic mass is 10.0. The van der Waals surface area contributed by atoms with Crippen molar-refractivity contribution in [2.75, 3.05) is 32.5 Å². The van der Waals surface area contributed by atoms with E-state index in [1.54, 1.807) is 0 Å². The first-order valence-electron chi connectivity index (χ1n) is 7.26. The molecule has 2 aromatic carbocycles. The first-order valence-corrected chi connectivity index (χ1v) is 7.26. The Morgan fingerprint density at radius 1 is 1.00 bits per heavy atom. The summed E-state index contributed by atoms with van der Waals surface area (Å²) in [4.78, 5) is 14.7. The predicted octanol–water partition coefficient (Wildman–Crippen LogP) is 3.70. The minimum Gasteiger partial charge on any atom is -0.384 e. The highest BCUT2D eigenvalue weighted by Crippen LogP contribution is 2.19. The van der Waals surface area contributed by atoms with Gasteiger partial charge in [-0.05, 0) is 39.2 Å². The van der Waals surface area contributed by atoms with Crippen molar-refractivity contribution in [1.29, 1.82) is 0 Å². The SMILES string of the molecule is CN(C)CCCNc1ccccc1C(=O)c1ccccc1.Cl. The molecule has 0 saturated carbocycles. The molecule has 0 radical (unpaired) electrons. The summed E-state index contributed by atoms with van der Waals surface area (Å²) in [5, 5.41) is 3.37. The average molecular weight is 319 g/mol. The van der Waals surface area contributed by atoms with Gasteiger partial charge in [0.25, 0.3) is 0 Å². The van der Waals surface area contributed by atoms with Crippen LogP contribution in [0.4, 0.5) is 5.69 Å². The molecule has 3 nitrogen and oxygen atoms in total. The Hall–Kier alpha value is -1.84. The van der Waals surface area contributed by atoms with Crippen molar-refractivity contribution >= 4 is 23.9 Å². The Bertz CT molecular complexity index is 585. The summed E-state index contributed by atoms with van der Waals surface area (Å²) in [7, 11) is 4.12. The summed E-state index contributed by atoms with van der Waals surface area (Å²) in [6, 6.07) is 17.1. The van der Waals surface area contributed by atoms with Crippen molar-refractivity contribution in [3.05, 3.63) is 65.7 Å². The van der Waals surface area contributed by atoms with Crippen LogP contribution in [0.1, 0.15) is 22.3 Å². The fourth-order valence-corrected chi connectivity index (χ4v) is 2.20.